The van der Waals surface area contributed by atoms with Crippen molar-refractivity contribution in [3.63, 3.8) is 0 Å². The van der Waals surface area contributed by atoms with Gasteiger partial charge in [-0.15, -0.1) is 0 Å². The van der Waals surface area contributed by atoms with Gasteiger partial charge in [0.1, 0.15) is 11.5 Å². The Morgan fingerprint density at radius 1 is 1.04 bits per heavy atom. The number of ether oxygens (including phenoxy) is 2. The summed E-state index contributed by atoms with van der Waals surface area (Å²) in [6.07, 6.45) is 0. The Morgan fingerprint density at radius 2 is 1.83 bits per heavy atom. The first-order chi connectivity index (χ1) is 11.5. The molecule has 0 bridgehead atoms. The highest BCUT2D eigenvalue weighted by molar-refractivity contribution is 6.01. The predicted octanol–water partition coefficient (Wildman–Crippen LogP) is 2.38. The van der Waals surface area contributed by atoms with Crippen LogP contribution in [-0.2, 0) is 4.79 Å². The fourth-order valence-electron chi connectivity index (χ4n) is 2.17. The summed E-state index contributed by atoms with van der Waals surface area (Å²) in [5.41, 5.74) is 2.07. The lowest BCUT2D eigenvalue weighted by atomic mass is 10.1. The summed E-state index contributed by atoms with van der Waals surface area (Å²) < 4.78 is 10.3. The summed E-state index contributed by atoms with van der Waals surface area (Å²) in [6.45, 7) is 1.80. The zero-order valence-electron chi connectivity index (χ0n) is 13.9. The van der Waals surface area contributed by atoms with Crippen molar-refractivity contribution in [2.75, 3.05) is 26.1 Å². The van der Waals surface area contributed by atoms with Crippen LogP contribution in [0.2, 0.25) is 0 Å². The minimum atomic E-state index is -0.395. The Hall–Kier alpha value is -3.02. The van der Waals surface area contributed by atoms with E-state index in [9.17, 15) is 9.59 Å². The molecule has 126 valence electrons. The van der Waals surface area contributed by atoms with Gasteiger partial charge in [-0.2, -0.15) is 0 Å². The van der Waals surface area contributed by atoms with Crippen LogP contribution in [0.15, 0.2) is 42.5 Å². The molecule has 24 heavy (non-hydrogen) atoms. The largest absolute Gasteiger partial charge is 0.497 e. The number of aryl methyl sites for hydroxylation is 1. The topological polar surface area (TPSA) is 76.7 Å². The van der Waals surface area contributed by atoms with Gasteiger partial charge < -0.3 is 20.1 Å². The van der Waals surface area contributed by atoms with Crippen molar-refractivity contribution in [3.05, 3.63) is 53.6 Å². The summed E-state index contributed by atoms with van der Waals surface area (Å²) in [4.78, 5) is 24.2. The summed E-state index contributed by atoms with van der Waals surface area (Å²) >= 11 is 0. The molecule has 2 N–H and O–H groups in total. The first-order valence-corrected chi connectivity index (χ1v) is 7.40. The number of carbonyl (C=O) groups is 2. The van der Waals surface area contributed by atoms with Gasteiger partial charge in [0, 0.05) is 11.8 Å². The number of nitrogens with one attached hydrogen (secondary N) is 2. The Bertz CT molecular complexity index is 744. The van der Waals surface area contributed by atoms with E-state index >= 15 is 0 Å². The summed E-state index contributed by atoms with van der Waals surface area (Å²) in [6, 6.07) is 12.3. The van der Waals surface area contributed by atoms with E-state index in [0.717, 1.165) is 5.56 Å². The number of methoxy groups -OCH3 is 2. The fourth-order valence-corrected chi connectivity index (χ4v) is 2.17. The lowest BCUT2D eigenvalue weighted by molar-refractivity contribution is -0.115. The van der Waals surface area contributed by atoms with Crippen LogP contribution in [0.4, 0.5) is 5.69 Å². The van der Waals surface area contributed by atoms with Gasteiger partial charge in [0.15, 0.2) is 0 Å². The second-order valence-electron chi connectivity index (χ2n) is 5.17. The van der Waals surface area contributed by atoms with Crippen LogP contribution in [0.3, 0.4) is 0 Å². The van der Waals surface area contributed by atoms with Crippen LogP contribution in [0.25, 0.3) is 0 Å². The molecule has 0 radical (unpaired) electrons. The standard InChI is InChI=1S/C18H20N2O4/c1-12-5-4-6-13(9-12)20-17(21)11-19-18(22)15-8-7-14(23-2)10-16(15)24-3/h4-10H,11H2,1-3H3,(H,19,22)(H,20,21). The number of benzene rings is 2. The Labute approximate surface area is 140 Å². The minimum Gasteiger partial charge on any atom is -0.497 e. The number of hydrogen-bond donors (Lipinski definition) is 2. The van der Waals surface area contributed by atoms with E-state index < -0.39 is 5.91 Å². The summed E-state index contributed by atoms with van der Waals surface area (Å²) in [5, 5.41) is 5.31. The van der Waals surface area contributed by atoms with Gasteiger partial charge in [-0.25, -0.2) is 0 Å². The molecular formula is C18H20N2O4. The molecule has 0 aromatic heterocycles. The van der Waals surface area contributed by atoms with Gasteiger partial charge in [-0.3, -0.25) is 9.59 Å². The minimum absolute atomic E-state index is 0.137. The highest BCUT2D eigenvalue weighted by atomic mass is 16.5. The molecule has 6 nitrogen and oxygen atoms in total. The van der Waals surface area contributed by atoms with Gasteiger partial charge in [0.25, 0.3) is 5.91 Å². The number of anilines is 1. The number of amides is 2. The zero-order valence-corrected chi connectivity index (χ0v) is 13.9. The van der Waals surface area contributed by atoms with Gasteiger partial charge >= 0.3 is 0 Å². The monoisotopic (exact) mass is 328 g/mol. The molecule has 0 saturated heterocycles. The second kappa shape index (κ2) is 8.01. The maximum Gasteiger partial charge on any atom is 0.255 e. The second-order valence-corrected chi connectivity index (χ2v) is 5.17. The fraction of sp³-hybridized carbons (Fsp3) is 0.222. The first-order valence-electron chi connectivity index (χ1n) is 7.40. The SMILES string of the molecule is COc1ccc(C(=O)NCC(=O)Nc2cccc(C)c2)c(OC)c1. The lowest BCUT2D eigenvalue weighted by Gasteiger charge is -2.11. The van der Waals surface area contributed by atoms with E-state index in [1.54, 1.807) is 24.3 Å². The molecular weight excluding hydrogens is 308 g/mol. The van der Waals surface area contributed by atoms with Crippen LogP contribution in [0.5, 0.6) is 11.5 Å². The van der Waals surface area contributed by atoms with Gasteiger partial charge in [0.05, 0.1) is 26.3 Å². The first kappa shape index (κ1) is 17.3. The van der Waals surface area contributed by atoms with Gasteiger partial charge in [-0.05, 0) is 36.8 Å². The number of hydrogen-bond acceptors (Lipinski definition) is 4. The average molecular weight is 328 g/mol. The molecule has 0 aliphatic rings. The maximum absolute atomic E-state index is 12.2. The molecule has 0 atom stereocenters. The predicted molar refractivity (Wildman–Crippen MR) is 91.7 cm³/mol. The molecule has 0 aliphatic carbocycles. The normalized spacial score (nSPS) is 9.96. The van der Waals surface area contributed by atoms with E-state index in [2.05, 4.69) is 10.6 Å². The summed E-state index contributed by atoms with van der Waals surface area (Å²) in [7, 11) is 3.00. The van der Waals surface area contributed by atoms with Crippen molar-refractivity contribution in [1.82, 2.24) is 5.32 Å². The van der Waals surface area contributed by atoms with Crippen LogP contribution in [0.1, 0.15) is 15.9 Å². The third-order valence-electron chi connectivity index (χ3n) is 3.36. The summed E-state index contributed by atoms with van der Waals surface area (Å²) in [5.74, 6) is 0.266. The van der Waals surface area contributed by atoms with Crippen molar-refractivity contribution >= 4 is 17.5 Å². The number of rotatable bonds is 6. The van der Waals surface area contributed by atoms with E-state index in [1.165, 1.54) is 14.2 Å². The van der Waals surface area contributed by atoms with Crippen molar-refractivity contribution < 1.29 is 19.1 Å². The lowest BCUT2D eigenvalue weighted by Crippen LogP contribution is -2.33. The quantitative estimate of drug-likeness (QED) is 0.853. The Balaban J connectivity index is 1.96. The van der Waals surface area contributed by atoms with E-state index in [1.807, 2.05) is 25.1 Å². The third-order valence-corrected chi connectivity index (χ3v) is 3.36. The van der Waals surface area contributed by atoms with E-state index in [-0.39, 0.29) is 12.5 Å². The van der Waals surface area contributed by atoms with Gasteiger partial charge in [-0.1, -0.05) is 12.1 Å². The molecule has 0 aliphatic heterocycles. The van der Waals surface area contributed by atoms with Crippen LogP contribution < -0.4 is 20.1 Å². The molecule has 2 amide bonds. The van der Waals surface area contributed by atoms with Crippen LogP contribution in [0, 0.1) is 6.92 Å². The van der Waals surface area contributed by atoms with Crippen molar-refractivity contribution in [1.29, 1.82) is 0 Å². The van der Waals surface area contributed by atoms with Crippen LogP contribution in [-0.4, -0.2) is 32.6 Å². The average Bonchev–Trinajstić information content (AvgIpc) is 2.59. The van der Waals surface area contributed by atoms with Crippen molar-refractivity contribution in [2.45, 2.75) is 6.92 Å². The maximum atomic E-state index is 12.2. The molecule has 2 aromatic carbocycles. The van der Waals surface area contributed by atoms with Crippen molar-refractivity contribution in [2.24, 2.45) is 0 Å². The molecule has 6 heteroatoms. The smallest absolute Gasteiger partial charge is 0.255 e. The molecule has 0 heterocycles. The zero-order chi connectivity index (χ0) is 17.5. The molecule has 2 aromatic rings. The highest BCUT2D eigenvalue weighted by Crippen LogP contribution is 2.24. The van der Waals surface area contributed by atoms with Crippen LogP contribution >= 0.6 is 0 Å². The molecule has 0 unspecified atom stereocenters. The Morgan fingerprint density at radius 3 is 2.50 bits per heavy atom. The molecule has 2 rings (SSSR count). The van der Waals surface area contributed by atoms with E-state index in [0.29, 0.717) is 22.7 Å². The molecule has 0 saturated carbocycles. The molecule has 0 spiro atoms. The van der Waals surface area contributed by atoms with E-state index in [4.69, 9.17) is 9.47 Å². The Kier molecular flexibility index (Phi) is 5.78. The highest BCUT2D eigenvalue weighted by Gasteiger charge is 2.14. The molecule has 0 fully saturated rings. The number of carbonyl (C=O) groups excluding carboxylic acids is 2. The van der Waals surface area contributed by atoms with Gasteiger partial charge in [0.2, 0.25) is 5.91 Å². The van der Waals surface area contributed by atoms with Crippen molar-refractivity contribution in [3.8, 4) is 11.5 Å². The third kappa shape index (κ3) is 4.49.